The number of hydrogen-bond donors (Lipinski definition) is 2. The third kappa shape index (κ3) is 3.22. The van der Waals surface area contributed by atoms with Crippen molar-refractivity contribution in [3.63, 3.8) is 0 Å². The Morgan fingerprint density at radius 2 is 1.67 bits per heavy atom. The largest absolute Gasteiger partial charge is 0.314 e. The first-order valence-corrected chi connectivity index (χ1v) is 10.6. The van der Waals surface area contributed by atoms with Gasteiger partial charge in [-0.2, -0.15) is 4.98 Å². The summed E-state index contributed by atoms with van der Waals surface area (Å²) in [5.74, 6) is 0.0771. The number of amides is 1. The van der Waals surface area contributed by atoms with Crippen molar-refractivity contribution >= 4 is 39.8 Å². The molecule has 0 bridgehead atoms. The van der Waals surface area contributed by atoms with Crippen molar-refractivity contribution in [2.45, 2.75) is 46.3 Å². The molecule has 0 saturated heterocycles. The summed E-state index contributed by atoms with van der Waals surface area (Å²) in [5, 5.41) is 2.56. The highest BCUT2D eigenvalue weighted by atomic mass is 16.2. The quantitative estimate of drug-likeness (QED) is 0.421. The lowest BCUT2D eigenvalue weighted by molar-refractivity contribution is -0.115. The number of rotatable bonds is 2. The molecule has 0 fully saturated rings. The molecule has 5 aromatic heterocycles. The average molecular weight is 449 g/mol. The molecule has 6 heterocycles. The van der Waals surface area contributed by atoms with Crippen molar-refractivity contribution in [3.05, 3.63) is 51.7 Å². The number of carbonyl (C=O) groups excluding carboxylic acids is 1. The maximum absolute atomic E-state index is 12.1. The predicted octanol–water partition coefficient (Wildman–Crippen LogP) is 1.68. The molecule has 0 spiro atoms. The first-order valence-electron chi connectivity index (χ1n) is 10.6. The topological polar surface area (TPSA) is 137 Å². The highest BCUT2D eigenvalue weighted by Crippen LogP contribution is 2.18. The van der Waals surface area contributed by atoms with E-state index in [-0.39, 0.29) is 35.7 Å². The molecule has 6 rings (SSSR count). The highest BCUT2D eigenvalue weighted by molar-refractivity contribution is 5.93. The number of fused-ring (bicyclic) bond motifs is 5. The van der Waals surface area contributed by atoms with Crippen LogP contribution in [0, 0.1) is 0 Å². The van der Waals surface area contributed by atoms with Crippen molar-refractivity contribution in [1.29, 1.82) is 0 Å². The van der Waals surface area contributed by atoms with E-state index in [9.17, 15) is 14.4 Å². The van der Waals surface area contributed by atoms with Crippen molar-refractivity contribution in [2.24, 2.45) is 0 Å². The molecule has 5 aromatic rings. The fraction of sp³-hybridized carbons (Fsp3) is 0.333. The Morgan fingerprint density at radius 1 is 0.970 bits per heavy atom. The predicted molar refractivity (Wildman–Crippen MR) is 122 cm³/mol. The molecular formula is C21H23N9O3. The molecule has 1 aliphatic rings. The molecule has 33 heavy (non-hydrogen) atoms. The van der Waals surface area contributed by atoms with Gasteiger partial charge in [-0.25, -0.2) is 9.97 Å². The van der Waals surface area contributed by atoms with Crippen LogP contribution in [0.25, 0.3) is 28.0 Å². The maximum atomic E-state index is 12.1. The first kappa shape index (κ1) is 20.7. The van der Waals surface area contributed by atoms with Crippen LogP contribution in [0.1, 0.15) is 39.8 Å². The zero-order valence-electron chi connectivity index (χ0n) is 18.6. The van der Waals surface area contributed by atoms with Gasteiger partial charge in [0, 0.05) is 18.3 Å². The summed E-state index contributed by atoms with van der Waals surface area (Å²) in [6.45, 7) is 8.11. The molecule has 0 unspecified atom stereocenters. The summed E-state index contributed by atoms with van der Waals surface area (Å²) in [5.41, 5.74) is 2.52. The lowest BCUT2D eigenvalue weighted by Gasteiger charge is -2.08. The molecule has 0 radical (unpaired) electrons. The molecule has 0 aromatic carbocycles. The third-order valence-corrected chi connectivity index (χ3v) is 5.55. The van der Waals surface area contributed by atoms with E-state index in [0.29, 0.717) is 22.6 Å². The van der Waals surface area contributed by atoms with Crippen LogP contribution in [-0.2, 0) is 11.3 Å². The van der Waals surface area contributed by atoms with Gasteiger partial charge in [0.05, 0.1) is 12.7 Å². The minimum absolute atomic E-state index is 0.0195. The summed E-state index contributed by atoms with van der Waals surface area (Å²) >= 11 is 0. The second kappa shape index (κ2) is 7.43. The Bertz CT molecular complexity index is 1640. The van der Waals surface area contributed by atoms with Gasteiger partial charge < -0.3 is 14.1 Å². The smallest absolute Gasteiger partial charge is 0.283 e. The van der Waals surface area contributed by atoms with E-state index >= 15 is 0 Å². The van der Waals surface area contributed by atoms with Gasteiger partial charge in [0.25, 0.3) is 11.1 Å². The van der Waals surface area contributed by atoms with Crippen molar-refractivity contribution in [1.82, 2.24) is 38.0 Å². The minimum atomic E-state index is -0.275. The Kier molecular flexibility index (Phi) is 4.65. The van der Waals surface area contributed by atoms with Crippen LogP contribution in [0.5, 0.6) is 0 Å². The number of imidazole rings is 2. The van der Waals surface area contributed by atoms with E-state index in [1.165, 1.54) is 4.57 Å². The van der Waals surface area contributed by atoms with Gasteiger partial charge in [0.15, 0.2) is 22.3 Å². The maximum Gasteiger partial charge on any atom is 0.283 e. The Hall–Kier alpha value is -4.22. The van der Waals surface area contributed by atoms with Gasteiger partial charge in [-0.3, -0.25) is 28.7 Å². The molecule has 0 aliphatic carbocycles. The molecule has 12 heteroatoms. The lowest BCUT2D eigenvalue weighted by Crippen LogP contribution is -2.20. The molecule has 1 aliphatic heterocycles. The van der Waals surface area contributed by atoms with Crippen LogP contribution in [-0.4, -0.2) is 43.9 Å². The van der Waals surface area contributed by atoms with Crippen molar-refractivity contribution < 1.29 is 4.79 Å². The number of aromatic amines is 1. The second-order valence-corrected chi connectivity index (χ2v) is 8.43. The van der Waals surface area contributed by atoms with Crippen LogP contribution in [0.15, 0.2) is 40.6 Å². The van der Waals surface area contributed by atoms with Crippen LogP contribution in [0.3, 0.4) is 0 Å². The fourth-order valence-electron chi connectivity index (χ4n) is 3.90. The molecule has 1 amide bonds. The third-order valence-electron chi connectivity index (χ3n) is 5.55. The number of aromatic nitrogens is 8. The molecule has 12 nitrogen and oxygen atoms in total. The number of nitrogens with zero attached hydrogens (tertiary/aromatic N) is 7. The standard InChI is InChI=1S/C11H12N4O.C10H11N5O2/c1-7(2)15-6-12-9-10(16)13-8-4-3-5-14(8)11(9)15;1-5(2)15-4-11-7-8(15)13-10-12-6(16)3-14(10)9(7)17/h3-7H,1-2H3,(H,13,16);4-5H,3H2,1-2H3,(H,12,13,16). The Morgan fingerprint density at radius 3 is 2.39 bits per heavy atom. The van der Waals surface area contributed by atoms with Crippen molar-refractivity contribution in [2.75, 3.05) is 5.32 Å². The van der Waals surface area contributed by atoms with Gasteiger partial charge >= 0.3 is 0 Å². The van der Waals surface area contributed by atoms with E-state index < -0.39 is 0 Å². The Balaban J connectivity index is 0.000000139. The molecule has 170 valence electrons. The number of hydrogen-bond acceptors (Lipinski definition) is 6. The summed E-state index contributed by atoms with van der Waals surface area (Å²) in [7, 11) is 0. The number of nitrogens with one attached hydrogen (secondary N) is 2. The normalized spacial score (nSPS) is 13.2. The van der Waals surface area contributed by atoms with Crippen LogP contribution in [0.2, 0.25) is 0 Å². The second-order valence-electron chi connectivity index (χ2n) is 8.43. The summed E-state index contributed by atoms with van der Waals surface area (Å²) in [4.78, 5) is 50.4. The first-order chi connectivity index (χ1) is 15.8. The van der Waals surface area contributed by atoms with E-state index in [4.69, 9.17) is 0 Å². The molecule has 2 N–H and O–H groups in total. The molecular weight excluding hydrogens is 426 g/mol. The van der Waals surface area contributed by atoms with Gasteiger partial charge in [0.1, 0.15) is 12.2 Å². The van der Waals surface area contributed by atoms with E-state index in [2.05, 4.69) is 39.1 Å². The molecule has 0 atom stereocenters. The number of carbonyl (C=O) groups is 1. The van der Waals surface area contributed by atoms with Gasteiger partial charge in [-0.15, -0.1) is 0 Å². The lowest BCUT2D eigenvalue weighted by atomic mass is 10.4. The minimum Gasteiger partial charge on any atom is -0.314 e. The van der Waals surface area contributed by atoms with E-state index in [1.807, 2.05) is 45.7 Å². The number of anilines is 1. The summed E-state index contributed by atoms with van der Waals surface area (Å²) in [6, 6.07) is 4.21. The van der Waals surface area contributed by atoms with Crippen molar-refractivity contribution in [3.8, 4) is 0 Å². The van der Waals surface area contributed by atoms with E-state index in [1.54, 1.807) is 12.7 Å². The van der Waals surface area contributed by atoms with Crippen LogP contribution >= 0.6 is 0 Å². The highest BCUT2D eigenvalue weighted by Gasteiger charge is 2.23. The number of H-pyrrole nitrogens is 1. The van der Waals surface area contributed by atoms with Crippen LogP contribution < -0.4 is 16.4 Å². The zero-order valence-corrected chi connectivity index (χ0v) is 18.6. The van der Waals surface area contributed by atoms with Gasteiger partial charge in [-0.05, 0) is 39.8 Å². The van der Waals surface area contributed by atoms with Crippen LogP contribution in [0.4, 0.5) is 5.95 Å². The summed E-state index contributed by atoms with van der Waals surface area (Å²) in [6.07, 6.45) is 5.24. The van der Waals surface area contributed by atoms with Gasteiger partial charge in [0.2, 0.25) is 11.9 Å². The monoisotopic (exact) mass is 449 g/mol. The average Bonchev–Trinajstić information content (AvgIpc) is 3.52. The summed E-state index contributed by atoms with van der Waals surface area (Å²) < 4.78 is 7.06. The SMILES string of the molecule is CC(C)n1cnc2c(=O)[nH]c3cccn3c21.CC(C)n1cnc2c(=O)n3c(nc21)NC(=O)C3. The Labute approximate surface area is 186 Å². The fourth-order valence-corrected chi connectivity index (χ4v) is 3.90. The van der Waals surface area contributed by atoms with Gasteiger partial charge in [-0.1, -0.05) is 0 Å². The molecule has 0 saturated carbocycles. The zero-order chi connectivity index (χ0) is 23.4. The van der Waals surface area contributed by atoms with E-state index in [0.717, 1.165) is 11.3 Å².